The molecule has 1 aromatic heterocycles. The van der Waals surface area contributed by atoms with Crippen molar-refractivity contribution in [3.05, 3.63) is 75.1 Å². The van der Waals surface area contributed by atoms with Crippen LogP contribution in [-0.4, -0.2) is 32.9 Å². The summed E-state index contributed by atoms with van der Waals surface area (Å²) < 4.78 is 51.4. The third kappa shape index (κ3) is 4.61. The number of hydrogen-bond donors (Lipinski definition) is 1. The van der Waals surface area contributed by atoms with Crippen LogP contribution < -0.4 is 10.3 Å². The second kappa shape index (κ2) is 7.79. The first-order valence-electron chi connectivity index (χ1n) is 7.86. The maximum absolute atomic E-state index is 12.5. The van der Waals surface area contributed by atoms with Crippen molar-refractivity contribution in [2.45, 2.75) is 9.79 Å². The molecule has 0 saturated heterocycles. The van der Waals surface area contributed by atoms with Crippen LogP contribution in [-0.2, 0) is 19.9 Å². The Bertz CT molecular complexity index is 1340. The first-order chi connectivity index (χ1) is 13.5. The van der Waals surface area contributed by atoms with Crippen molar-refractivity contribution in [3.8, 4) is 5.69 Å². The summed E-state index contributed by atoms with van der Waals surface area (Å²) in [6.45, 7) is 0. The van der Waals surface area contributed by atoms with Gasteiger partial charge in [-0.05, 0) is 48.5 Å². The molecule has 152 valence electrons. The average Bonchev–Trinajstić information content (AvgIpc) is 2.66. The van der Waals surface area contributed by atoms with Gasteiger partial charge in [0, 0.05) is 11.9 Å². The molecule has 0 radical (unpaired) electrons. The molecular formula is C17H13Cl2N3O5S2. The molecule has 3 rings (SSSR count). The number of benzene rings is 2. The summed E-state index contributed by atoms with van der Waals surface area (Å²) in [4.78, 5) is 12.1. The van der Waals surface area contributed by atoms with E-state index in [1.807, 2.05) is 0 Å². The van der Waals surface area contributed by atoms with Gasteiger partial charge in [0.1, 0.15) is 5.02 Å². The van der Waals surface area contributed by atoms with Crippen LogP contribution in [0.3, 0.4) is 0 Å². The summed E-state index contributed by atoms with van der Waals surface area (Å²) >= 11 is 11.6. The Balaban J connectivity index is 1.87. The highest BCUT2D eigenvalue weighted by Crippen LogP contribution is 2.20. The number of halogens is 2. The van der Waals surface area contributed by atoms with E-state index >= 15 is 0 Å². The maximum Gasteiger partial charge on any atom is 0.291 e. The number of nitrogens with one attached hydrogen (secondary N) is 1. The quantitative estimate of drug-likeness (QED) is 0.608. The molecule has 2 aromatic carbocycles. The van der Waals surface area contributed by atoms with E-state index in [0.717, 1.165) is 10.9 Å². The fraction of sp³-hybridized carbons (Fsp3) is 0.0588. The highest BCUT2D eigenvalue weighted by atomic mass is 35.5. The molecule has 3 aromatic rings. The molecule has 8 nitrogen and oxygen atoms in total. The smallest absolute Gasteiger partial charge is 0.280 e. The molecule has 0 spiro atoms. The topological polar surface area (TPSA) is 115 Å². The lowest BCUT2D eigenvalue weighted by Gasteiger charge is -2.10. The van der Waals surface area contributed by atoms with Gasteiger partial charge in [-0.1, -0.05) is 23.2 Å². The number of rotatable bonds is 5. The van der Waals surface area contributed by atoms with E-state index in [2.05, 4.69) is 9.82 Å². The van der Waals surface area contributed by atoms with E-state index in [9.17, 15) is 21.6 Å². The van der Waals surface area contributed by atoms with E-state index in [1.165, 1.54) is 54.7 Å². The highest BCUT2D eigenvalue weighted by molar-refractivity contribution is 7.92. The van der Waals surface area contributed by atoms with E-state index in [-0.39, 0.29) is 25.5 Å². The zero-order chi connectivity index (χ0) is 21.4. The van der Waals surface area contributed by atoms with Crippen molar-refractivity contribution in [1.29, 1.82) is 0 Å². The molecule has 0 unspecified atom stereocenters. The Labute approximate surface area is 176 Å². The van der Waals surface area contributed by atoms with Gasteiger partial charge >= 0.3 is 0 Å². The van der Waals surface area contributed by atoms with Gasteiger partial charge in [-0.3, -0.25) is 9.52 Å². The lowest BCUT2D eigenvalue weighted by atomic mass is 10.3. The van der Waals surface area contributed by atoms with E-state index in [0.29, 0.717) is 5.69 Å². The van der Waals surface area contributed by atoms with Gasteiger partial charge in [0.2, 0.25) is 0 Å². The third-order valence-electron chi connectivity index (χ3n) is 3.80. The number of sulfonamides is 1. The zero-order valence-corrected chi connectivity index (χ0v) is 17.8. The minimum atomic E-state index is -3.94. The number of hydrogen-bond acceptors (Lipinski definition) is 6. The number of aromatic nitrogens is 2. The van der Waals surface area contributed by atoms with E-state index in [1.54, 1.807) is 0 Å². The summed E-state index contributed by atoms with van der Waals surface area (Å²) in [7, 11) is -7.32. The van der Waals surface area contributed by atoms with Crippen LogP contribution in [0.25, 0.3) is 5.69 Å². The van der Waals surface area contributed by atoms with Crippen molar-refractivity contribution < 1.29 is 16.8 Å². The summed E-state index contributed by atoms with van der Waals surface area (Å²) in [6, 6.07) is 10.7. The van der Waals surface area contributed by atoms with Crippen molar-refractivity contribution >= 4 is 48.7 Å². The van der Waals surface area contributed by atoms with Gasteiger partial charge in [0.05, 0.1) is 26.7 Å². The van der Waals surface area contributed by atoms with Crippen LogP contribution in [0.2, 0.25) is 10.0 Å². The standard InChI is InChI=1S/C17H13Cl2N3O5S2/c1-28(24,25)13-6-2-11(3-7-13)21-29(26,27)14-8-4-12(5-9-14)22-17(23)16(19)15(18)10-20-22/h2-10,21H,1H3. The molecule has 0 atom stereocenters. The molecule has 0 fully saturated rings. The van der Waals surface area contributed by atoms with Crippen molar-refractivity contribution in [3.63, 3.8) is 0 Å². The van der Waals surface area contributed by atoms with Gasteiger partial charge in [-0.25, -0.2) is 16.8 Å². The monoisotopic (exact) mass is 473 g/mol. The molecular weight excluding hydrogens is 461 g/mol. The number of nitrogens with zero attached hydrogens (tertiary/aromatic N) is 2. The van der Waals surface area contributed by atoms with Crippen LogP contribution in [0, 0.1) is 0 Å². The predicted octanol–water partition coefficient (Wildman–Crippen LogP) is 2.74. The summed E-state index contributed by atoms with van der Waals surface area (Å²) in [5.74, 6) is 0. The highest BCUT2D eigenvalue weighted by Gasteiger charge is 2.16. The van der Waals surface area contributed by atoms with Gasteiger partial charge in [0.25, 0.3) is 15.6 Å². The first-order valence-corrected chi connectivity index (χ1v) is 12.0. The van der Waals surface area contributed by atoms with E-state index in [4.69, 9.17) is 23.2 Å². The first kappa shape index (κ1) is 21.3. The van der Waals surface area contributed by atoms with Crippen LogP contribution in [0.5, 0.6) is 0 Å². The average molecular weight is 474 g/mol. The molecule has 29 heavy (non-hydrogen) atoms. The lowest BCUT2D eigenvalue weighted by molar-refractivity contribution is 0.600. The molecule has 0 amide bonds. The Morgan fingerprint density at radius 2 is 1.45 bits per heavy atom. The molecule has 12 heteroatoms. The second-order valence-corrected chi connectivity index (χ2v) is 10.4. The van der Waals surface area contributed by atoms with Gasteiger partial charge < -0.3 is 0 Å². The summed E-state index contributed by atoms with van der Waals surface area (Å²) in [5.41, 5.74) is -0.146. The molecule has 0 saturated carbocycles. The summed E-state index contributed by atoms with van der Waals surface area (Å²) in [5, 5.41) is 3.69. The molecule has 0 aliphatic heterocycles. The van der Waals surface area contributed by atoms with Gasteiger partial charge in [-0.15, -0.1) is 0 Å². The van der Waals surface area contributed by atoms with Crippen LogP contribution in [0.15, 0.2) is 69.3 Å². The van der Waals surface area contributed by atoms with Crippen molar-refractivity contribution in [2.75, 3.05) is 11.0 Å². The third-order valence-corrected chi connectivity index (χ3v) is 7.08. The number of anilines is 1. The fourth-order valence-electron chi connectivity index (χ4n) is 2.35. The van der Waals surface area contributed by atoms with Gasteiger partial charge in [0.15, 0.2) is 9.84 Å². The maximum atomic E-state index is 12.5. The number of sulfone groups is 1. The Hall–Kier alpha value is -2.40. The largest absolute Gasteiger partial charge is 0.291 e. The molecule has 0 bridgehead atoms. The fourth-order valence-corrected chi connectivity index (χ4v) is 4.29. The zero-order valence-electron chi connectivity index (χ0n) is 14.7. The Kier molecular flexibility index (Phi) is 5.72. The van der Waals surface area contributed by atoms with Crippen LogP contribution in [0.4, 0.5) is 5.69 Å². The van der Waals surface area contributed by atoms with Crippen molar-refractivity contribution in [1.82, 2.24) is 9.78 Å². The Morgan fingerprint density at radius 1 is 0.897 bits per heavy atom. The molecule has 1 N–H and O–H groups in total. The van der Waals surface area contributed by atoms with E-state index < -0.39 is 25.4 Å². The molecule has 0 aliphatic carbocycles. The normalized spacial score (nSPS) is 12.0. The lowest BCUT2D eigenvalue weighted by Crippen LogP contribution is -2.21. The van der Waals surface area contributed by atoms with Gasteiger partial charge in [-0.2, -0.15) is 9.78 Å². The Morgan fingerprint density at radius 3 is 2.00 bits per heavy atom. The molecule has 0 aliphatic rings. The molecule has 1 heterocycles. The van der Waals surface area contributed by atoms with Crippen molar-refractivity contribution in [2.24, 2.45) is 0 Å². The summed E-state index contributed by atoms with van der Waals surface area (Å²) in [6.07, 6.45) is 2.26. The minimum absolute atomic E-state index is 0.0122. The van der Waals surface area contributed by atoms with Crippen LogP contribution in [0.1, 0.15) is 0 Å². The SMILES string of the molecule is CS(=O)(=O)c1ccc(NS(=O)(=O)c2ccc(-n3ncc(Cl)c(Cl)c3=O)cc2)cc1. The second-order valence-electron chi connectivity index (χ2n) is 5.92. The minimum Gasteiger partial charge on any atom is -0.280 e. The van der Waals surface area contributed by atoms with Crippen LogP contribution >= 0.6 is 23.2 Å². The predicted molar refractivity (Wildman–Crippen MR) is 110 cm³/mol.